The third kappa shape index (κ3) is 2.26. The molecule has 1 heterocycles. The molecule has 1 atom stereocenters. The van der Waals surface area contributed by atoms with E-state index in [2.05, 4.69) is 17.2 Å². The molecule has 0 radical (unpaired) electrons. The highest BCUT2D eigenvalue weighted by atomic mass is 16.3. The Morgan fingerprint density at radius 2 is 2.31 bits per heavy atom. The van der Waals surface area contributed by atoms with Gasteiger partial charge < -0.3 is 5.11 Å². The minimum Gasteiger partial charge on any atom is -0.384 e. The smallest absolute Gasteiger partial charge is 0.105 e. The number of nitrogens with zero attached hydrogens (tertiary/aromatic N) is 3. The third-order valence-corrected chi connectivity index (χ3v) is 3.52. The van der Waals surface area contributed by atoms with Gasteiger partial charge in [0.25, 0.3) is 0 Å². The second kappa shape index (κ2) is 4.53. The van der Waals surface area contributed by atoms with E-state index in [9.17, 15) is 5.11 Å². The molecule has 1 saturated carbocycles. The van der Waals surface area contributed by atoms with Crippen molar-refractivity contribution in [2.75, 3.05) is 0 Å². The molecule has 0 aromatic carbocycles. The lowest BCUT2D eigenvalue weighted by Crippen LogP contribution is -2.30. The summed E-state index contributed by atoms with van der Waals surface area (Å²) in [5.74, 6) is 0.681. The summed E-state index contributed by atoms with van der Waals surface area (Å²) in [4.78, 5) is 0. The summed E-state index contributed by atoms with van der Waals surface area (Å²) in [6, 6.07) is 0. The predicted octanol–water partition coefficient (Wildman–Crippen LogP) is 2.09. The van der Waals surface area contributed by atoms with Crippen LogP contribution in [-0.4, -0.2) is 20.1 Å². The van der Waals surface area contributed by atoms with Crippen molar-refractivity contribution in [3.05, 3.63) is 11.9 Å². The monoisotopic (exact) mass is 223 g/mol. The van der Waals surface area contributed by atoms with Gasteiger partial charge >= 0.3 is 0 Å². The molecule has 0 saturated heterocycles. The largest absolute Gasteiger partial charge is 0.384 e. The second-order valence-electron chi connectivity index (χ2n) is 5.12. The van der Waals surface area contributed by atoms with Crippen molar-refractivity contribution in [2.45, 2.75) is 58.1 Å². The molecule has 90 valence electrons. The molecule has 4 nitrogen and oxygen atoms in total. The van der Waals surface area contributed by atoms with E-state index in [0.29, 0.717) is 5.92 Å². The van der Waals surface area contributed by atoms with Crippen molar-refractivity contribution in [2.24, 2.45) is 5.92 Å². The molecule has 0 aliphatic heterocycles. The molecule has 1 aromatic rings. The van der Waals surface area contributed by atoms with Crippen molar-refractivity contribution in [1.82, 2.24) is 15.0 Å². The molecular formula is C12H21N3O. The van der Waals surface area contributed by atoms with Gasteiger partial charge in [-0.1, -0.05) is 31.4 Å². The Labute approximate surface area is 96.7 Å². The van der Waals surface area contributed by atoms with Gasteiger partial charge in [0.2, 0.25) is 0 Å². The van der Waals surface area contributed by atoms with E-state index >= 15 is 0 Å². The van der Waals surface area contributed by atoms with Crippen molar-refractivity contribution in [1.29, 1.82) is 0 Å². The maximum absolute atomic E-state index is 10.5. The summed E-state index contributed by atoms with van der Waals surface area (Å²) in [6.07, 6.45) is 7.37. The highest BCUT2D eigenvalue weighted by Gasteiger charge is 2.33. The number of aryl methyl sites for hydroxylation is 1. The Morgan fingerprint density at radius 3 is 2.88 bits per heavy atom. The molecule has 0 bridgehead atoms. The van der Waals surface area contributed by atoms with Crippen LogP contribution in [0, 0.1) is 5.92 Å². The standard InChI is InChI=1S/C12H21N3O/c1-3-7-15-11(9-13-14-15)12(2,16)8-10-5-4-6-10/h9-10,16H,3-8H2,1-2H3. The first kappa shape index (κ1) is 11.6. The predicted molar refractivity (Wildman–Crippen MR) is 61.8 cm³/mol. The summed E-state index contributed by atoms with van der Waals surface area (Å²) in [6.45, 7) is 4.82. The van der Waals surface area contributed by atoms with Crippen molar-refractivity contribution in [3.63, 3.8) is 0 Å². The van der Waals surface area contributed by atoms with E-state index in [4.69, 9.17) is 0 Å². The van der Waals surface area contributed by atoms with E-state index in [1.807, 2.05) is 11.6 Å². The average molecular weight is 223 g/mol. The van der Waals surface area contributed by atoms with E-state index < -0.39 is 5.60 Å². The van der Waals surface area contributed by atoms with Gasteiger partial charge in [0, 0.05) is 6.54 Å². The van der Waals surface area contributed by atoms with E-state index in [-0.39, 0.29) is 0 Å². The number of aromatic nitrogens is 3. The summed E-state index contributed by atoms with van der Waals surface area (Å²) in [5.41, 5.74) is 0.0882. The van der Waals surface area contributed by atoms with Crippen LogP contribution in [0.2, 0.25) is 0 Å². The summed E-state index contributed by atoms with van der Waals surface area (Å²) < 4.78 is 1.83. The fourth-order valence-electron chi connectivity index (χ4n) is 2.42. The summed E-state index contributed by atoms with van der Waals surface area (Å²) in [7, 11) is 0. The van der Waals surface area contributed by atoms with Crippen LogP contribution in [0.4, 0.5) is 0 Å². The van der Waals surface area contributed by atoms with Gasteiger partial charge in [-0.15, -0.1) is 5.10 Å². The van der Waals surface area contributed by atoms with Crippen LogP contribution in [0.15, 0.2) is 6.20 Å². The quantitative estimate of drug-likeness (QED) is 0.831. The lowest BCUT2D eigenvalue weighted by atomic mass is 9.77. The Morgan fingerprint density at radius 1 is 1.56 bits per heavy atom. The van der Waals surface area contributed by atoms with E-state index in [0.717, 1.165) is 25.1 Å². The van der Waals surface area contributed by atoms with E-state index in [1.54, 1.807) is 6.20 Å². The molecular weight excluding hydrogens is 202 g/mol. The van der Waals surface area contributed by atoms with Gasteiger partial charge in [-0.3, -0.25) is 0 Å². The second-order valence-corrected chi connectivity index (χ2v) is 5.12. The molecule has 2 rings (SSSR count). The Hall–Kier alpha value is -0.900. The molecule has 1 unspecified atom stereocenters. The third-order valence-electron chi connectivity index (χ3n) is 3.52. The summed E-state index contributed by atoms with van der Waals surface area (Å²) in [5, 5.41) is 18.5. The van der Waals surface area contributed by atoms with Gasteiger partial charge in [-0.25, -0.2) is 4.68 Å². The number of aliphatic hydroxyl groups is 1. The van der Waals surface area contributed by atoms with Crippen LogP contribution < -0.4 is 0 Å². The minimum absolute atomic E-state index is 0.681. The molecule has 0 spiro atoms. The van der Waals surface area contributed by atoms with E-state index in [1.165, 1.54) is 19.3 Å². The Kier molecular flexibility index (Phi) is 3.28. The molecule has 1 aliphatic carbocycles. The average Bonchev–Trinajstić information content (AvgIpc) is 2.61. The van der Waals surface area contributed by atoms with Gasteiger partial charge in [0.15, 0.2) is 0 Å². The number of hydrogen-bond acceptors (Lipinski definition) is 3. The van der Waals surface area contributed by atoms with Crippen molar-refractivity contribution < 1.29 is 5.11 Å². The number of rotatable bonds is 5. The Balaban J connectivity index is 2.09. The zero-order chi connectivity index (χ0) is 11.6. The first-order chi connectivity index (χ1) is 7.63. The lowest BCUT2D eigenvalue weighted by Gasteiger charge is -2.33. The fourth-order valence-corrected chi connectivity index (χ4v) is 2.42. The number of hydrogen-bond donors (Lipinski definition) is 1. The lowest BCUT2D eigenvalue weighted by molar-refractivity contribution is 0.00814. The molecule has 16 heavy (non-hydrogen) atoms. The molecule has 1 fully saturated rings. The molecule has 1 aliphatic rings. The minimum atomic E-state index is -0.774. The molecule has 0 amide bonds. The normalized spacial score (nSPS) is 20.4. The van der Waals surface area contributed by atoms with Gasteiger partial charge in [-0.2, -0.15) is 0 Å². The van der Waals surface area contributed by atoms with Crippen LogP contribution in [-0.2, 0) is 12.1 Å². The van der Waals surface area contributed by atoms with Crippen LogP contribution >= 0.6 is 0 Å². The molecule has 4 heteroatoms. The van der Waals surface area contributed by atoms with Gasteiger partial charge in [0.05, 0.1) is 11.9 Å². The van der Waals surface area contributed by atoms with Crippen LogP contribution in [0.3, 0.4) is 0 Å². The SMILES string of the molecule is CCCn1nncc1C(C)(O)CC1CCC1. The van der Waals surface area contributed by atoms with Crippen LogP contribution in [0.25, 0.3) is 0 Å². The van der Waals surface area contributed by atoms with Crippen LogP contribution in [0.5, 0.6) is 0 Å². The van der Waals surface area contributed by atoms with Crippen molar-refractivity contribution >= 4 is 0 Å². The zero-order valence-corrected chi connectivity index (χ0v) is 10.2. The highest BCUT2D eigenvalue weighted by molar-refractivity contribution is 5.07. The van der Waals surface area contributed by atoms with Crippen molar-refractivity contribution in [3.8, 4) is 0 Å². The molecule has 1 N–H and O–H groups in total. The van der Waals surface area contributed by atoms with Gasteiger partial charge in [0.1, 0.15) is 5.60 Å². The zero-order valence-electron chi connectivity index (χ0n) is 10.2. The van der Waals surface area contributed by atoms with Gasteiger partial charge in [-0.05, 0) is 25.7 Å². The first-order valence-corrected chi connectivity index (χ1v) is 6.25. The first-order valence-electron chi connectivity index (χ1n) is 6.25. The van der Waals surface area contributed by atoms with Crippen LogP contribution in [0.1, 0.15) is 51.6 Å². The topological polar surface area (TPSA) is 50.9 Å². The highest BCUT2D eigenvalue weighted by Crippen LogP contribution is 2.37. The maximum atomic E-state index is 10.5. The molecule has 1 aromatic heterocycles. The fraction of sp³-hybridized carbons (Fsp3) is 0.833. The summed E-state index contributed by atoms with van der Waals surface area (Å²) >= 11 is 0. The maximum Gasteiger partial charge on any atom is 0.105 e. The Bertz CT molecular complexity index is 342.